The van der Waals surface area contributed by atoms with Gasteiger partial charge in [0.05, 0.1) is 12.6 Å². The Kier molecular flexibility index (Phi) is 3.98. The molecule has 1 N–H and O–H groups in total. The molecule has 78 valence electrons. The van der Waals surface area contributed by atoms with E-state index >= 15 is 0 Å². The zero-order valence-electron chi connectivity index (χ0n) is 8.18. The molecule has 0 saturated heterocycles. The number of hydrogen-bond donors (Lipinski definition) is 1. The second-order valence-corrected chi connectivity index (χ2v) is 2.94. The molecule has 0 aromatic heterocycles. The minimum absolute atomic E-state index is 0.286. The molecule has 0 bridgehead atoms. The van der Waals surface area contributed by atoms with Crippen LogP contribution in [0.4, 0.5) is 8.78 Å². The highest BCUT2D eigenvalue weighted by Gasteiger charge is 2.15. The molecule has 0 amide bonds. The first kappa shape index (κ1) is 11.1. The van der Waals surface area contributed by atoms with E-state index in [2.05, 4.69) is 5.32 Å². The highest BCUT2D eigenvalue weighted by Crippen LogP contribution is 2.18. The van der Waals surface area contributed by atoms with Gasteiger partial charge >= 0.3 is 0 Å². The molecule has 14 heavy (non-hydrogen) atoms. The van der Waals surface area contributed by atoms with Crippen molar-refractivity contribution in [1.29, 1.82) is 0 Å². The minimum Gasteiger partial charge on any atom is -0.383 e. The fraction of sp³-hybridized carbons (Fsp3) is 0.400. The van der Waals surface area contributed by atoms with Gasteiger partial charge in [-0.1, -0.05) is 12.1 Å². The molecule has 1 unspecified atom stereocenters. The van der Waals surface area contributed by atoms with Gasteiger partial charge in [-0.3, -0.25) is 0 Å². The van der Waals surface area contributed by atoms with E-state index in [0.717, 1.165) is 6.07 Å². The van der Waals surface area contributed by atoms with E-state index < -0.39 is 11.6 Å². The lowest BCUT2D eigenvalue weighted by atomic mass is 10.1. The molecule has 1 rings (SSSR count). The molecule has 2 nitrogen and oxygen atoms in total. The molecule has 0 aliphatic carbocycles. The number of methoxy groups -OCH3 is 1. The van der Waals surface area contributed by atoms with Crippen LogP contribution in [0.25, 0.3) is 0 Å². The maximum absolute atomic E-state index is 13.3. The number of halogens is 2. The van der Waals surface area contributed by atoms with Crippen molar-refractivity contribution in [1.82, 2.24) is 5.32 Å². The van der Waals surface area contributed by atoms with Crippen LogP contribution in [-0.4, -0.2) is 20.8 Å². The Morgan fingerprint density at radius 3 is 2.71 bits per heavy atom. The maximum atomic E-state index is 13.3. The van der Waals surface area contributed by atoms with Gasteiger partial charge in [-0.15, -0.1) is 0 Å². The molecule has 0 saturated carbocycles. The zero-order chi connectivity index (χ0) is 10.6. The molecule has 0 heterocycles. The SMILES string of the molecule is CNC(COC)c1cccc(F)c1F. The monoisotopic (exact) mass is 201 g/mol. The maximum Gasteiger partial charge on any atom is 0.163 e. The zero-order valence-corrected chi connectivity index (χ0v) is 8.18. The van der Waals surface area contributed by atoms with Crippen LogP contribution in [0, 0.1) is 11.6 Å². The number of rotatable bonds is 4. The third kappa shape index (κ3) is 2.27. The smallest absolute Gasteiger partial charge is 0.163 e. The van der Waals surface area contributed by atoms with Gasteiger partial charge in [0.25, 0.3) is 0 Å². The van der Waals surface area contributed by atoms with Crippen LogP contribution >= 0.6 is 0 Å². The lowest BCUT2D eigenvalue weighted by Crippen LogP contribution is -2.22. The summed E-state index contributed by atoms with van der Waals surface area (Å²) in [5.74, 6) is -1.65. The van der Waals surface area contributed by atoms with Crippen molar-refractivity contribution in [3.63, 3.8) is 0 Å². The minimum atomic E-state index is -0.834. The summed E-state index contributed by atoms with van der Waals surface area (Å²) in [6.45, 7) is 0.302. The van der Waals surface area contributed by atoms with Crippen LogP contribution in [0.2, 0.25) is 0 Å². The second-order valence-electron chi connectivity index (χ2n) is 2.94. The third-order valence-electron chi connectivity index (χ3n) is 2.04. The van der Waals surface area contributed by atoms with Gasteiger partial charge in [-0.25, -0.2) is 8.78 Å². The Labute approximate surface area is 81.9 Å². The molecule has 0 aliphatic heterocycles. The Morgan fingerprint density at radius 1 is 1.43 bits per heavy atom. The Morgan fingerprint density at radius 2 is 2.14 bits per heavy atom. The van der Waals surface area contributed by atoms with Crippen molar-refractivity contribution in [3.8, 4) is 0 Å². The third-order valence-corrected chi connectivity index (χ3v) is 2.04. The second kappa shape index (κ2) is 5.02. The van der Waals surface area contributed by atoms with E-state index in [9.17, 15) is 8.78 Å². The summed E-state index contributed by atoms with van der Waals surface area (Å²) in [5.41, 5.74) is 0.286. The van der Waals surface area contributed by atoms with E-state index in [4.69, 9.17) is 4.74 Å². The average molecular weight is 201 g/mol. The quantitative estimate of drug-likeness (QED) is 0.803. The van der Waals surface area contributed by atoms with Crippen molar-refractivity contribution in [2.75, 3.05) is 20.8 Å². The summed E-state index contributed by atoms with van der Waals surface area (Å²) >= 11 is 0. The summed E-state index contributed by atoms with van der Waals surface area (Å²) in [6, 6.07) is 3.79. The highest BCUT2D eigenvalue weighted by molar-refractivity contribution is 5.22. The van der Waals surface area contributed by atoms with E-state index in [1.54, 1.807) is 13.1 Å². The first-order valence-electron chi connectivity index (χ1n) is 4.30. The van der Waals surface area contributed by atoms with E-state index in [0.29, 0.717) is 6.61 Å². The number of ether oxygens (including phenoxy) is 1. The molecule has 0 fully saturated rings. The van der Waals surface area contributed by atoms with E-state index in [-0.39, 0.29) is 11.6 Å². The Hall–Kier alpha value is -1.00. The Balaban J connectivity index is 2.97. The van der Waals surface area contributed by atoms with Crippen LogP contribution in [0.5, 0.6) is 0 Å². The molecule has 1 aromatic rings. The molecule has 4 heteroatoms. The van der Waals surface area contributed by atoms with Crippen molar-refractivity contribution in [2.45, 2.75) is 6.04 Å². The van der Waals surface area contributed by atoms with Gasteiger partial charge in [0, 0.05) is 12.7 Å². The molecule has 1 aromatic carbocycles. The molecular weight excluding hydrogens is 188 g/mol. The van der Waals surface area contributed by atoms with Crippen LogP contribution in [0.1, 0.15) is 11.6 Å². The normalized spacial score (nSPS) is 12.9. The number of hydrogen-bond acceptors (Lipinski definition) is 2. The largest absolute Gasteiger partial charge is 0.383 e. The standard InChI is InChI=1S/C10H13F2NO/c1-13-9(6-14-2)7-4-3-5-8(11)10(7)12/h3-5,9,13H,6H2,1-2H3. The molecule has 0 aliphatic rings. The molecular formula is C10H13F2NO. The van der Waals surface area contributed by atoms with Gasteiger partial charge in [0.1, 0.15) is 0 Å². The van der Waals surface area contributed by atoms with Gasteiger partial charge in [0.2, 0.25) is 0 Å². The van der Waals surface area contributed by atoms with Crippen LogP contribution in [0.15, 0.2) is 18.2 Å². The number of likely N-dealkylation sites (N-methyl/N-ethyl adjacent to an activating group) is 1. The van der Waals surface area contributed by atoms with Crippen LogP contribution in [0.3, 0.4) is 0 Å². The first-order chi connectivity index (χ1) is 6.70. The topological polar surface area (TPSA) is 21.3 Å². The van der Waals surface area contributed by atoms with Crippen molar-refractivity contribution >= 4 is 0 Å². The van der Waals surface area contributed by atoms with Gasteiger partial charge in [-0.05, 0) is 13.1 Å². The number of nitrogens with one attached hydrogen (secondary N) is 1. The molecule has 1 atom stereocenters. The number of benzene rings is 1. The summed E-state index contributed by atoms with van der Waals surface area (Å²) in [5, 5.41) is 2.86. The van der Waals surface area contributed by atoms with Crippen molar-refractivity contribution in [3.05, 3.63) is 35.4 Å². The predicted molar refractivity (Wildman–Crippen MR) is 50.0 cm³/mol. The van der Waals surface area contributed by atoms with Crippen LogP contribution in [-0.2, 0) is 4.74 Å². The Bertz CT molecular complexity index is 304. The summed E-state index contributed by atoms with van der Waals surface area (Å²) in [7, 11) is 3.19. The van der Waals surface area contributed by atoms with E-state index in [1.165, 1.54) is 13.2 Å². The summed E-state index contributed by atoms with van der Waals surface area (Å²) in [6.07, 6.45) is 0. The highest BCUT2D eigenvalue weighted by atomic mass is 19.2. The van der Waals surface area contributed by atoms with Crippen molar-refractivity contribution < 1.29 is 13.5 Å². The fourth-order valence-corrected chi connectivity index (χ4v) is 1.28. The van der Waals surface area contributed by atoms with Gasteiger partial charge in [0.15, 0.2) is 11.6 Å². The first-order valence-corrected chi connectivity index (χ1v) is 4.30. The van der Waals surface area contributed by atoms with E-state index in [1.807, 2.05) is 0 Å². The fourth-order valence-electron chi connectivity index (χ4n) is 1.28. The summed E-state index contributed by atoms with van der Waals surface area (Å²) in [4.78, 5) is 0. The lowest BCUT2D eigenvalue weighted by molar-refractivity contribution is 0.168. The van der Waals surface area contributed by atoms with Crippen molar-refractivity contribution in [2.24, 2.45) is 0 Å². The average Bonchev–Trinajstić information content (AvgIpc) is 2.19. The van der Waals surface area contributed by atoms with Gasteiger partial charge in [-0.2, -0.15) is 0 Å². The molecule has 0 radical (unpaired) electrons. The summed E-state index contributed by atoms with van der Waals surface area (Å²) < 4.78 is 31.1. The molecule has 0 spiro atoms. The predicted octanol–water partition coefficient (Wildman–Crippen LogP) is 1.87. The van der Waals surface area contributed by atoms with Gasteiger partial charge < -0.3 is 10.1 Å². The lowest BCUT2D eigenvalue weighted by Gasteiger charge is -2.16. The van der Waals surface area contributed by atoms with Crippen LogP contribution < -0.4 is 5.32 Å².